The molecule has 0 aliphatic carbocycles. The Balaban J connectivity index is 2.11. The largest absolute Gasteiger partial charge is 0.481 e. The number of rotatable bonds is 7. The first-order chi connectivity index (χ1) is 10.1. The summed E-state index contributed by atoms with van der Waals surface area (Å²) >= 11 is 0. The van der Waals surface area contributed by atoms with Crippen molar-refractivity contribution in [1.82, 2.24) is 5.32 Å². The smallest absolute Gasteiger partial charge is 0.304 e. The zero-order chi connectivity index (χ0) is 15.2. The van der Waals surface area contributed by atoms with E-state index in [-0.39, 0.29) is 12.5 Å². The summed E-state index contributed by atoms with van der Waals surface area (Å²) in [6.45, 7) is 2.33. The van der Waals surface area contributed by atoms with Gasteiger partial charge >= 0.3 is 5.97 Å². The fourth-order valence-electron chi connectivity index (χ4n) is 2.47. The van der Waals surface area contributed by atoms with Gasteiger partial charge in [0.25, 0.3) is 0 Å². The highest BCUT2D eigenvalue weighted by molar-refractivity contribution is 5.83. The van der Waals surface area contributed by atoms with Crippen molar-refractivity contribution in [3.05, 3.63) is 48.0 Å². The van der Waals surface area contributed by atoms with Crippen LogP contribution in [-0.2, 0) is 4.79 Å². The minimum Gasteiger partial charge on any atom is -0.481 e. The van der Waals surface area contributed by atoms with E-state index in [1.165, 1.54) is 0 Å². The van der Waals surface area contributed by atoms with Gasteiger partial charge in [-0.25, -0.2) is 0 Å². The summed E-state index contributed by atoms with van der Waals surface area (Å²) in [5.74, 6) is -0.836. The van der Waals surface area contributed by atoms with E-state index in [4.69, 9.17) is 5.11 Å². The molecule has 0 aliphatic rings. The first kappa shape index (κ1) is 15.5. The summed E-state index contributed by atoms with van der Waals surface area (Å²) in [6, 6.07) is 13.8. The third-order valence-corrected chi connectivity index (χ3v) is 3.68. The molecule has 4 heteroatoms. The standard InChI is InChI=1S/C17H21NO3/c1-2-15(18-10-9-16(19)20)17(21)14-8-7-12-5-3-4-6-13(12)11-14/h3-8,11,15,17-18,21H,2,9-10H2,1H3,(H,19,20). The van der Waals surface area contributed by atoms with Crippen LogP contribution < -0.4 is 5.32 Å². The van der Waals surface area contributed by atoms with Crippen LogP contribution in [0, 0.1) is 0 Å². The minimum atomic E-state index is -0.836. The molecule has 0 saturated carbocycles. The van der Waals surface area contributed by atoms with Crippen molar-refractivity contribution in [2.45, 2.75) is 31.9 Å². The molecule has 2 unspecified atom stereocenters. The number of aliphatic hydroxyl groups excluding tert-OH is 1. The molecule has 21 heavy (non-hydrogen) atoms. The molecule has 112 valence electrons. The Labute approximate surface area is 124 Å². The van der Waals surface area contributed by atoms with Crippen molar-refractivity contribution in [1.29, 1.82) is 0 Å². The van der Waals surface area contributed by atoms with Crippen LogP contribution in [0.3, 0.4) is 0 Å². The summed E-state index contributed by atoms with van der Waals surface area (Å²) < 4.78 is 0. The molecule has 0 radical (unpaired) electrons. The number of carboxylic acids is 1. The molecule has 4 nitrogen and oxygen atoms in total. The number of carbonyl (C=O) groups is 1. The zero-order valence-corrected chi connectivity index (χ0v) is 12.1. The van der Waals surface area contributed by atoms with E-state index < -0.39 is 12.1 Å². The first-order valence-electron chi connectivity index (χ1n) is 7.23. The maximum absolute atomic E-state index is 10.6. The summed E-state index contributed by atoms with van der Waals surface area (Å²) in [5.41, 5.74) is 0.850. The Hall–Kier alpha value is -1.91. The number of hydrogen-bond donors (Lipinski definition) is 3. The molecule has 0 amide bonds. The van der Waals surface area contributed by atoms with Crippen LogP contribution in [0.2, 0.25) is 0 Å². The van der Waals surface area contributed by atoms with Crippen molar-refractivity contribution in [2.75, 3.05) is 6.54 Å². The molecule has 0 aromatic heterocycles. The van der Waals surface area contributed by atoms with Crippen LogP contribution in [0.4, 0.5) is 0 Å². The average Bonchev–Trinajstić information content (AvgIpc) is 2.50. The Kier molecular flexibility index (Phi) is 5.31. The molecule has 0 bridgehead atoms. The van der Waals surface area contributed by atoms with Gasteiger partial charge in [0.1, 0.15) is 0 Å². The number of nitrogens with one attached hydrogen (secondary N) is 1. The summed E-state index contributed by atoms with van der Waals surface area (Å²) in [7, 11) is 0. The van der Waals surface area contributed by atoms with Crippen LogP contribution in [0.5, 0.6) is 0 Å². The van der Waals surface area contributed by atoms with Crippen LogP contribution >= 0.6 is 0 Å². The second-order valence-electron chi connectivity index (χ2n) is 5.16. The molecular weight excluding hydrogens is 266 g/mol. The van der Waals surface area contributed by atoms with Crippen molar-refractivity contribution >= 4 is 16.7 Å². The van der Waals surface area contributed by atoms with Gasteiger partial charge in [-0.1, -0.05) is 43.3 Å². The average molecular weight is 287 g/mol. The lowest BCUT2D eigenvalue weighted by atomic mass is 9.97. The topological polar surface area (TPSA) is 69.6 Å². The molecule has 2 atom stereocenters. The van der Waals surface area contributed by atoms with E-state index in [2.05, 4.69) is 5.32 Å². The predicted octanol–water partition coefficient (Wildman–Crippen LogP) is 2.72. The van der Waals surface area contributed by atoms with Gasteiger partial charge in [-0.05, 0) is 28.8 Å². The lowest BCUT2D eigenvalue weighted by molar-refractivity contribution is -0.136. The van der Waals surface area contributed by atoms with Gasteiger partial charge in [-0.2, -0.15) is 0 Å². The van der Waals surface area contributed by atoms with E-state index in [0.29, 0.717) is 6.54 Å². The molecule has 2 aromatic carbocycles. The Morgan fingerprint density at radius 1 is 1.19 bits per heavy atom. The van der Waals surface area contributed by atoms with E-state index in [1.54, 1.807) is 0 Å². The number of hydrogen-bond acceptors (Lipinski definition) is 3. The molecule has 0 spiro atoms. The van der Waals surface area contributed by atoms with Gasteiger partial charge in [-0.15, -0.1) is 0 Å². The Morgan fingerprint density at radius 2 is 1.90 bits per heavy atom. The van der Waals surface area contributed by atoms with Gasteiger partial charge in [0.05, 0.1) is 12.5 Å². The van der Waals surface area contributed by atoms with Crippen LogP contribution in [-0.4, -0.2) is 28.8 Å². The maximum atomic E-state index is 10.6. The molecule has 0 saturated heterocycles. The van der Waals surface area contributed by atoms with E-state index in [1.807, 2.05) is 49.4 Å². The maximum Gasteiger partial charge on any atom is 0.304 e. The molecular formula is C17H21NO3. The highest BCUT2D eigenvalue weighted by Gasteiger charge is 2.19. The van der Waals surface area contributed by atoms with Crippen molar-refractivity contribution in [3.8, 4) is 0 Å². The second kappa shape index (κ2) is 7.20. The molecule has 0 fully saturated rings. The van der Waals surface area contributed by atoms with E-state index in [0.717, 1.165) is 22.8 Å². The van der Waals surface area contributed by atoms with Gasteiger partial charge in [0, 0.05) is 12.6 Å². The molecule has 3 N–H and O–H groups in total. The SMILES string of the molecule is CCC(NCCC(=O)O)C(O)c1ccc2ccccc2c1. The Morgan fingerprint density at radius 3 is 2.57 bits per heavy atom. The van der Waals surface area contributed by atoms with Crippen molar-refractivity contribution < 1.29 is 15.0 Å². The predicted molar refractivity (Wildman–Crippen MR) is 83.2 cm³/mol. The van der Waals surface area contributed by atoms with Gasteiger partial charge in [0.2, 0.25) is 0 Å². The number of benzene rings is 2. The van der Waals surface area contributed by atoms with E-state index >= 15 is 0 Å². The van der Waals surface area contributed by atoms with E-state index in [9.17, 15) is 9.90 Å². The fraction of sp³-hybridized carbons (Fsp3) is 0.353. The lowest BCUT2D eigenvalue weighted by Gasteiger charge is -2.23. The fourth-order valence-corrected chi connectivity index (χ4v) is 2.47. The van der Waals surface area contributed by atoms with Crippen LogP contribution in [0.15, 0.2) is 42.5 Å². The third kappa shape index (κ3) is 4.03. The van der Waals surface area contributed by atoms with Gasteiger partial charge < -0.3 is 15.5 Å². The molecule has 0 heterocycles. The minimum absolute atomic E-state index is 0.0565. The molecule has 0 aliphatic heterocycles. The number of aliphatic carboxylic acids is 1. The highest BCUT2D eigenvalue weighted by atomic mass is 16.4. The quantitative estimate of drug-likeness (QED) is 0.732. The van der Waals surface area contributed by atoms with Crippen LogP contribution in [0.25, 0.3) is 10.8 Å². The number of carboxylic acid groups (broad SMARTS) is 1. The van der Waals surface area contributed by atoms with Crippen molar-refractivity contribution in [2.24, 2.45) is 0 Å². The highest BCUT2D eigenvalue weighted by Crippen LogP contribution is 2.23. The molecule has 2 rings (SSSR count). The number of aliphatic hydroxyl groups is 1. The molecule has 2 aromatic rings. The summed E-state index contributed by atoms with van der Waals surface area (Å²) in [5, 5.41) is 24.5. The van der Waals surface area contributed by atoms with Crippen molar-refractivity contribution in [3.63, 3.8) is 0 Å². The van der Waals surface area contributed by atoms with Crippen LogP contribution in [0.1, 0.15) is 31.4 Å². The third-order valence-electron chi connectivity index (χ3n) is 3.68. The normalized spacial score (nSPS) is 14.0. The zero-order valence-electron chi connectivity index (χ0n) is 12.1. The second-order valence-corrected chi connectivity index (χ2v) is 5.16. The monoisotopic (exact) mass is 287 g/mol. The number of fused-ring (bicyclic) bond motifs is 1. The van der Waals surface area contributed by atoms with Gasteiger partial charge in [0.15, 0.2) is 0 Å². The van der Waals surface area contributed by atoms with Gasteiger partial charge in [-0.3, -0.25) is 4.79 Å². The summed E-state index contributed by atoms with van der Waals surface area (Å²) in [4.78, 5) is 10.6. The lowest BCUT2D eigenvalue weighted by Crippen LogP contribution is -2.35. The first-order valence-corrected chi connectivity index (χ1v) is 7.23. The Bertz CT molecular complexity index is 612. The summed E-state index contributed by atoms with van der Waals surface area (Å²) in [6.07, 6.45) is 0.141.